The topological polar surface area (TPSA) is 67.9 Å². The predicted molar refractivity (Wildman–Crippen MR) is 148 cm³/mol. The van der Waals surface area contributed by atoms with Gasteiger partial charge in [0.05, 0.1) is 24.1 Å². The molecule has 0 saturated carbocycles. The van der Waals surface area contributed by atoms with Crippen LogP contribution in [0.15, 0.2) is 47.2 Å². The number of ether oxygens (including phenoxy) is 1. The number of unbranched alkanes of at least 4 members (excludes halogenated alkanes) is 1. The fourth-order valence-electron chi connectivity index (χ4n) is 4.68. The number of aliphatic imine (C=N–C) groups is 1. The number of aldehydes is 1. The highest BCUT2D eigenvalue weighted by Gasteiger charge is 2.34. The van der Waals surface area contributed by atoms with Gasteiger partial charge in [-0.25, -0.2) is 9.38 Å². The highest BCUT2D eigenvalue weighted by Crippen LogP contribution is 2.42. The van der Waals surface area contributed by atoms with E-state index in [-0.39, 0.29) is 23.2 Å². The molecule has 1 heterocycles. The quantitative estimate of drug-likeness (QED) is 0.201. The number of allylic oxidation sites excluding steroid dienone is 2. The maximum Gasteiger partial charge on any atom is 0.217 e. The number of hydrogen-bond donors (Lipinski definition) is 1. The smallest absolute Gasteiger partial charge is 0.217 e. The Hall–Kier alpha value is -2.96. The van der Waals surface area contributed by atoms with E-state index in [4.69, 9.17) is 10.5 Å². The van der Waals surface area contributed by atoms with Crippen LogP contribution in [-0.4, -0.2) is 23.6 Å². The van der Waals surface area contributed by atoms with Gasteiger partial charge in [0.15, 0.2) is 6.29 Å². The van der Waals surface area contributed by atoms with Crippen LogP contribution in [0.3, 0.4) is 0 Å². The van der Waals surface area contributed by atoms with Crippen LogP contribution in [0.5, 0.6) is 5.75 Å². The van der Waals surface area contributed by atoms with Gasteiger partial charge in [-0.15, -0.1) is 0 Å². The van der Waals surface area contributed by atoms with E-state index in [9.17, 15) is 9.18 Å². The summed E-state index contributed by atoms with van der Waals surface area (Å²) in [5, 5.41) is 0. The highest BCUT2D eigenvalue weighted by atomic mass is 19.1. The van der Waals surface area contributed by atoms with E-state index < -0.39 is 11.8 Å². The third kappa shape index (κ3) is 7.08. The lowest BCUT2D eigenvalue weighted by atomic mass is 9.85. The normalized spacial score (nSPS) is 17.5. The van der Waals surface area contributed by atoms with Crippen molar-refractivity contribution in [1.29, 1.82) is 0 Å². The van der Waals surface area contributed by atoms with Crippen molar-refractivity contribution in [1.82, 2.24) is 4.90 Å². The van der Waals surface area contributed by atoms with Gasteiger partial charge in [-0.1, -0.05) is 60.5 Å². The molecule has 2 N–H and O–H groups in total. The second-order valence-corrected chi connectivity index (χ2v) is 9.87. The van der Waals surface area contributed by atoms with Gasteiger partial charge in [0.2, 0.25) is 5.95 Å². The highest BCUT2D eigenvalue weighted by molar-refractivity contribution is 6.05. The Morgan fingerprint density at radius 3 is 2.46 bits per heavy atom. The van der Waals surface area contributed by atoms with Crippen LogP contribution in [0.1, 0.15) is 96.0 Å². The van der Waals surface area contributed by atoms with Crippen molar-refractivity contribution >= 4 is 17.7 Å². The molecule has 204 valence electrons. The lowest BCUT2D eigenvalue weighted by Crippen LogP contribution is -2.36. The number of carbonyl (C=O) groups is 1. The van der Waals surface area contributed by atoms with Crippen LogP contribution >= 0.6 is 0 Å². The zero-order chi connectivity index (χ0) is 27.7. The first-order valence-electron chi connectivity index (χ1n) is 13.5. The van der Waals surface area contributed by atoms with Crippen LogP contribution < -0.4 is 10.5 Å². The van der Waals surface area contributed by atoms with Gasteiger partial charge >= 0.3 is 0 Å². The lowest BCUT2D eigenvalue weighted by Gasteiger charge is -2.37. The number of rotatable bonds is 14. The van der Waals surface area contributed by atoms with Crippen molar-refractivity contribution < 1.29 is 18.3 Å². The molecule has 0 radical (unpaired) electrons. The summed E-state index contributed by atoms with van der Waals surface area (Å²) in [5.41, 5.74) is 8.34. The first-order chi connectivity index (χ1) is 17.6. The van der Waals surface area contributed by atoms with Gasteiger partial charge in [-0.2, -0.15) is 4.39 Å². The molecule has 2 rings (SSSR count). The van der Waals surface area contributed by atoms with E-state index in [2.05, 4.69) is 32.3 Å². The number of hydrogen-bond acceptors (Lipinski definition) is 5. The monoisotopic (exact) mass is 515 g/mol. The molecule has 0 saturated heterocycles. The summed E-state index contributed by atoms with van der Waals surface area (Å²) in [4.78, 5) is 17.1. The molecule has 0 aromatic heterocycles. The summed E-state index contributed by atoms with van der Waals surface area (Å²) < 4.78 is 36.5. The molecule has 0 fully saturated rings. The molecule has 1 aliphatic rings. The summed E-state index contributed by atoms with van der Waals surface area (Å²) in [6.45, 7) is 16.9. The minimum Gasteiger partial charge on any atom is -0.493 e. The van der Waals surface area contributed by atoms with Crippen molar-refractivity contribution in [2.75, 3.05) is 6.61 Å². The molecule has 0 aliphatic carbocycles. The minimum absolute atomic E-state index is 0.0358. The average molecular weight is 516 g/mol. The average Bonchev–Trinajstić information content (AvgIpc) is 2.89. The van der Waals surface area contributed by atoms with E-state index in [1.165, 1.54) is 17.0 Å². The van der Waals surface area contributed by atoms with Gasteiger partial charge in [0, 0.05) is 11.3 Å². The van der Waals surface area contributed by atoms with E-state index in [1.807, 2.05) is 20.8 Å². The van der Waals surface area contributed by atoms with Gasteiger partial charge in [0.1, 0.15) is 17.4 Å². The molecule has 7 heteroatoms. The fourth-order valence-corrected chi connectivity index (χ4v) is 4.68. The van der Waals surface area contributed by atoms with Crippen LogP contribution in [0.25, 0.3) is 5.57 Å². The maximum absolute atomic E-state index is 15.7. The Kier molecular flexibility index (Phi) is 11.5. The Morgan fingerprint density at radius 1 is 1.19 bits per heavy atom. The van der Waals surface area contributed by atoms with Gasteiger partial charge in [-0.05, 0) is 61.6 Å². The Morgan fingerprint density at radius 2 is 1.89 bits per heavy atom. The zero-order valence-corrected chi connectivity index (χ0v) is 23.2. The Balaban J connectivity index is 2.85. The zero-order valence-electron chi connectivity index (χ0n) is 23.2. The molecule has 5 nitrogen and oxygen atoms in total. The third-order valence-electron chi connectivity index (χ3n) is 7.21. The molecule has 0 bridgehead atoms. The molecule has 1 aromatic rings. The summed E-state index contributed by atoms with van der Waals surface area (Å²) in [7, 11) is 0. The molecule has 0 amide bonds. The number of nitrogens with zero attached hydrogens (tertiary/aromatic N) is 2. The van der Waals surface area contributed by atoms with Gasteiger partial charge in [-0.3, -0.25) is 9.69 Å². The van der Waals surface area contributed by atoms with Crippen molar-refractivity contribution in [3.05, 3.63) is 59.2 Å². The summed E-state index contributed by atoms with van der Waals surface area (Å²) in [6, 6.07) is 2.67. The van der Waals surface area contributed by atoms with E-state index in [0.29, 0.717) is 53.5 Å². The number of amidine groups is 1. The molecular formula is C30H43F2N3O2. The van der Waals surface area contributed by atoms with Crippen LogP contribution in [0, 0.1) is 23.6 Å². The summed E-state index contributed by atoms with van der Waals surface area (Å²) in [5.74, 6) is -0.480. The Labute approximate surface area is 221 Å². The fraction of sp³-hybridized carbons (Fsp3) is 0.533. The standard InChI is InChI=1S/C30H43F2N3O2/c1-8-12-13-22(14-19(5)9-2)21(7)35-27(32)17-34-30(33)29(35)28(20(6)10-3)24-16-25(31)23(18-36)15-26(24)37-11-4/h15-20,22H,7-14H2,1-6H3,(H2,33,34)/b29-28+/t19?,20?,22-/m1/s1. The van der Waals surface area contributed by atoms with E-state index >= 15 is 4.39 Å². The van der Waals surface area contributed by atoms with Crippen molar-refractivity contribution in [2.24, 2.45) is 28.5 Å². The molecule has 3 atom stereocenters. The minimum atomic E-state index is -0.680. The number of halogens is 2. The summed E-state index contributed by atoms with van der Waals surface area (Å²) in [6.07, 6.45) is 7.01. The number of nitrogens with two attached hydrogens (primary N) is 1. The van der Waals surface area contributed by atoms with Gasteiger partial charge < -0.3 is 10.5 Å². The molecule has 1 aromatic carbocycles. The second-order valence-electron chi connectivity index (χ2n) is 9.87. The van der Waals surface area contributed by atoms with E-state index in [0.717, 1.165) is 38.3 Å². The summed E-state index contributed by atoms with van der Waals surface area (Å²) >= 11 is 0. The predicted octanol–water partition coefficient (Wildman–Crippen LogP) is 7.99. The van der Waals surface area contributed by atoms with Crippen molar-refractivity contribution in [3.8, 4) is 5.75 Å². The second kappa shape index (κ2) is 14.1. The van der Waals surface area contributed by atoms with Crippen LogP contribution in [0.2, 0.25) is 0 Å². The van der Waals surface area contributed by atoms with E-state index in [1.54, 1.807) is 0 Å². The molecule has 1 aliphatic heterocycles. The number of carbonyl (C=O) groups excluding carboxylic acids is 1. The first-order valence-corrected chi connectivity index (χ1v) is 13.5. The van der Waals surface area contributed by atoms with Crippen LogP contribution in [-0.2, 0) is 0 Å². The van der Waals surface area contributed by atoms with Crippen LogP contribution in [0.4, 0.5) is 8.78 Å². The largest absolute Gasteiger partial charge is 0.493 e. The molecular weight excluding hydrogens is 472 g/mol. The molecule has 37 heavy (non-hydrogen) atoms. The maximum atomic E-state index is 15.7. The van der Waals surface area contributed by atoms with Crippen molar-refractivity contribution in [3.63, 3.8) is 0 Å². The van der Waals surface area contributed by atoms with Gasteiger partial charge in [0.25, 0.3) is 0 Å². The SMILES string of the molecule is C=C([C@H](CCCC)CC(C)CC)N1C(F)=CN=C(N)/C1=C(\c1cc(F)c(C=O)cc1OCC)C(C)CC. The molecule has 0 spiro atoms. The Bertz CT molecular complexity index is 1060. The number of benzene rings is 1. The molecule has 2 unspecified atom stereocenters. The third-order valence-corrected chi connectivity index (χ3v) is 7.21. The first kappa shape index (κ1) is 30.3. The van der Waals surface area contributed by atoms with Crippen molar-refractivity contribution in [2.45, 2.75) is 80.1 Å². The lowest BCUT2D eigenvalue weighted by molar-refractivity contribution is 0.111.